The molecule has 2 heterocycles. The highest BCUT2D eigenvalue weighted by molar-refractivity contribution is 5.92. The Morgan fingerprint density at radius 3 is 2.78 bits per heavy atom. The molecule has 0 saturated carbocycles. The second-order valence-electron chi connectivity index (χ2n) is 7.83. The third-order valence-corrected chi connectivity index (χ3v) is 5.33. The fraction of sp³-hybridized carbons (Fsp3) is 0.333. The van der Waals surface area contributed by atoms with Gasteiger partial charge < -0.3 is 19.2 Å². The number of rotatable bonds is 9. The quantitative estimate of drug-likeness (QED) is 0.537. The Bertz CT molecular complexity index is 1080. The molecule has 2 aromatic carbocycles. The number of carbonyl (C=O) groups excluding carboxylic acids is 1. The highest BCUT2D eigenvalue weighted by Crippen LogP contribution is 2.33. The number of carbonyl (C=O) groups is 1. The van der Waals surface area contributed by atoms with E-state index in [9.17, 15) is 9.18 Å². The maximum Gasteiger partial charge on any atom is 0.273 e. The van der Waals surface area contributed by atoms with Crippen LogP contribution >= 0.6 is 0 Å². The van der Waals surface area contributed by atoms with Crippen molar-refractivity contribution in [1.29, 1.82) is 0 Å². The minimum absolute atomic E-state index is 0.0474. The molecule has 0 spiro atoms. The molecule has 1 amide bonds. The van der Waals surface area contributed by atoms with Gasteiger partial charge in [0.05, 0.1) is 6.54 Å². The van der Waals surface area contributed by atoms with Crippen molar-refractivity contribution in [2.75, 3.05) is 6.79 Å². The third kappa shape index (κ3) is 5.26. The van der Waals surface area contributed by atoms with Gasteiger partial charge in [-0.25, -0.2) is 9.37 Å². The van der Waals surface area contributed by atoms with Gasteiger partial charge in [-0.05, 0) is 37.1 Å². The molecule has 168 valence electrons. The van der Waals surface area contributed by atoms with Crippen LogP contribution in [0.4, 0.5) is 4.39 Å². The van der Waals surface area contributed by atoms with Crippen LogP contribution < -0.4 is 14.8 Å². The fourth-order valence-corrected chi connectivity index (χ4v) is 3.41. The number of oxazole rings is 1. The summed E-state index contributed by atoms with van der Waals surface area (Å²) in [7, 11) is 0. The van der Waals surface area contributed by atoms with E-state index in [1.165, 1.54) is 12.3 Å². The van der Waals surface area contributed by atoms with Gasteiger partial charge in [-0.3, -0.25) is 9.69 Å². The van der Waals surface area contributed by atoms with Gasteiger partial charge in [0.1, 0.15) is 12.1 Å². The molecule has 1 N–H and O–H groups in total. The Morgan fingerprint density at radius 2 is 1.97 bits per heavy atom. The zero-order chi connectivity index (χ0) is 22.5. The lowest BCUT2D eigenvalue weighted by atomic mass is 10.1. The normalized spacial score (nSPS) is 13.4. The van der Waals surface area contributed by atoms with Gasteiger partial charge in [-0.2, -0.15) is 0 Å². The summed E-state index contributed by atoms with van der Waals surface area (Å²) < 4.78 is 30.7. The van der Waals surface area contributed by atoms with E-state index in [1.54, 1.807) is 18.2 Å². The van der Waals surface area contributed by atoms with E-state index in [-0.39, 0.29) is 30.3 Å². The van der Waals surface area contributed by atoms with E-state index in [4.69, 9.17) is 13.9 Å². The summed E-state index contributed by atoms with van der Waals surface area (Å²) >= 11 is 0. The molecule has 1 aliphatic rings. The van der Waals surface area contributed by atoms with E-state index in [0.717, 1.165) is 12.0 Å². The summed E-state index contributed by atoms with van der Waals surface area (Å²) in [6, 6.07) is 12.4. The van der Waals surface area contributed by atoms with Gasteiger partial charge in [-0.1, -0.05) is 31.2 Å². The number of fused-ring (bicyclic) bond motifs is 1. The first kappa shape index (κ1) is 21.8. The standard InChI is InChI=1S/C24H26FN3O4/c1-3-16(2)26-24(29)20-14-30-23(27-20)13-28(12-18-6-4-5-7-19(18)25)11-17-8-9-21-22(10-17)32-15-31-21/h4-10,14,16H,3,11-13,15H2,1-2H3,(H,26,29). The van der Waals surface area contributed by atoms with Crippen molar-refractivity contribution < 1.29 is 23.1 Å². The van der Waals surface area contributed by atoms with Crippen LogP contribution in [0.5, 0.6) is 11.5 Å². The molecule has 0 bridgehead atoms. The number of aromatic nitrogens is 1. The van der Waals surface area contributed by atoms with Crippen molar-refractivity contribution in [3.05, 3.63) is 77.3 Å². The second-order valence-corrected chi connectivity index (χ2v) is 7.83. The van der Waals surface area contributed by atoms with Gasteiger partial charge >= 0.3 is 0 Å². The van der Waals surface area contributed by atoms with Crippen molar-refractivity contribution in [2.24, 2.45) is 0 Å². The van der Waals surface area contributed by atoms with Gasteiger partial charge in [0.25, 0.3) is 5.91 Å². The molecule has 0 aliphatic carbocycles. The van der Waals surface area contributed by atoms with Crippen LogP contribution in [-0.2, 0) is 19.6 Å². The van der Waals surface area contributed by atoms with Crippen molar-refractivity contribution in [3.8, 4) is 11.5 Å². The average molecular weight is 439 g/mol. The molecule has 32 heavy (non-hydrogen) atoms. The molecule has 1 aliphatic heterocycles. The summed E-state index contributed by atoms with van der Waals surface area (Å²) in [5, 5.41) is 2.87. The zero-order valence-electron chi connectivity index (χ0n) is 18.1. The molecule has 1 atom stereocenters. The molecular weight excluding hydrogens is 413 g/mol. The molecule has 0 saturated heterocycles. The molecular formula is C24H26FN3O4. The summed E-state index contributed by atoms with van der Waals surface area (Å²) in [4.78, 5) is 18.7. The highest BCUT2D eigenvalue weighted by Gasteiger charge is 2.19. The van der Waals surface area contributed by atoms with Crippen LogP contribution in [0.25, 0.3) is 0 Å². The van der Waals surface area contributed by atoms with Crippen LogP contribution in [0.15, 0.2) is 53.1 Å². The lowest BCUT2D eigenvalue weighted by Gasteiger charge is -2.21. The minimum Gasteiger partial charge on any atom is -0.454 e. The van der Waals surface area contributed by atoms with Gasteiger partial charge in [0.2, 0.25) is 12.7 Å². The Hall–Kier alpha value is -3.39. The van der Waals surface area contributed by atoms with Crippen molar-refractivity contribution in [2.45, 2.75) is 45.9 Å². The van der Waals surface area contributed by atoms with Crippen molar-refractivity contribution >= 4 is 5.91 Å². The first-order chi connectivity index (χ1) is 15.5. The third-order valence-electron chi connectivity index (χ3n) is 5.33. The summed E-state index contributed by atoms with van der Waals surface area (Å²) in [5.74, 6) is 1.24. The Kier molecular flexibility index (Phi) is 6.70. The van der Waals surface area contributed by atoms with E-state index in [2.05, 4.69) is 10.3 Å². The summed E-state index contributed by atoms with van der Waals surface area (Å²) in [5.41, 5.74) is 1.77. The van der Waals surface area contributed by atoms with Crippen molar-refractivity contribution in [1.82, 2.24) is 15.2 Å². The van der Waals surface area contributed by atoms with Gasteiger partial charge in [0.15, 0.2) is 17.2 Å². The Balaban J connectivity index is 1.51. The van der Waals surface area contributed by atoms with E-state index >= 15 is 0 Å². The topological polar surface area (TPSA) is 76.8 Å². The van der Waals surface area contributed by atoms with Crippen LogP contribution in [-0.4, -0.2) is 28.6 Å². The number of halogens is 1. The predicted octanol–water partition coefficient (Wildman–Crippen LogP) is 4.27. The smallest absolute Gasteiger partial charge is 0.273 e. The number of amides is 1. The molecule has 8 heteroatoms. The van der Waals surface area contributed by atoms with E-state index in [1.807, 2.05) is 36.9 Å². The Morgan fingerprint density at radius 1 is 1.16 bits per heavy atom. The van der Waals surface area contributed by atoms with E-state index in [0.29, 0.717) is 42.6 Å². The maximum atomic E-state index is 14.3. The number of ether oxygens (including phenoxy) is 2. The monoisotopic (exact) mass is 439 g/mol. The maximum absolute atomic E-state index is 14.3. The molecule has 4 rings (SSSR count). The fourth-order valence-electron chi connectivity index (χ4n) is 3.41. The molecule has 1 unspecified atom stereocenters. The Labute approximate surface area is 186 Å². The number of hydrogen-bond donors (Lipinski definition) is 1. The van der Waals surface area contributed by atoms with Gasteiger partial charge in [-0.15, -0.1) is 0 Å². The second kappa shape index (κ2) is 9.82. The number of nitrogens with zero attached hydrogens (tertiary/aromatic N) is 2. The van der Waals surface area contributed by atoms with Crippen LogP contribution in [0.2, 0.25) is 0 Å². The molecule has 0 radical (unpaired) electrons. The molecule has 1 aromatic heterocycles. The summed E-state index contributed by atoms with van der Waals surface area (Å²) in [6.45, 7) is 5.28. The lowest BCUT2D eigenvalue weighted by Crippen LogP contribution is -2.32. The highest BCUT2D eigenvalue weighted by atomic mass is 19.1. The lowest BCUT2D eigenvalue weighted by molar-refractivity contribution is 0.0934. The SMILES string of the molecule is CCC(C)NC(=O)c1coc(CN(Cc2ccc3c(c2)OCO3)Cc2ccccc2F)n1. The van der Waals surface area contributed by atoms with E-state index < -0.39 is 0 Å². The molecule has 7 nitrogen and oxygen atoms in total. The van der Waals surface area contributed by atoms with Crippen molar-refractivity contribution in [3.63, 3.8) is 0 Å². The molecule has 0 fully saturated rings. The summed E-state index contributed by atoms with van der Waals surface area (Å²) in [6.07, 6.45) is 2.18. The number of nitrogens with one attached hydrogen (secondary N) is 1. The zero-order valence-corrected chi connectivity index (χ0v) is 18.1. The number of hydrogen-bond acceptors (Lipinski definition) is 6. The molecule has 3 aromatic rings. The average Bonchev–Trinajstić information content (AvgIpc) is 3.44. The minimum atomic E-state index is -0.274. The predicted molar refractivity (Wildman–Crippen MR) is 116 cm³/mol. The van der Waals surface area contributed by atoms with Crippen LogP contribution in [0, 0.1) is 5.82 Å². The first-order valence-electron chi connectivity index (χ1n) is 10.6. The largest absolute Gasteiger partial charge is 0.454 e. The number of benzene rings is 2. The van der Waals surface area contributed by atoms with Gasteiger partial charge in [0, 0.05) is 24.7 Å². The van der Waals surface area contributed by atoms with Crippen LogP contribution in [0.3, 0.4) is 0 Å². The van der Waals surface area contributed by atoms with Crippen LogP contribution in [0.1, 0.15) is 47.8 Å². The first-order valence-corrected chi connectivity index (χ1v) is 10.6.